The van der Waals surface area contributed by atoms with Crippen LogP contribution < -0.4 is 0 Å². The predicted molar refractivity (Wildman–Crippen MR) is 74.1 cm³/mol. The molecule has 1 aromatic heterocycles. The highest BCUT2D eigenvalue weighted by molar-refractivity contribution is 7.07. The van der Waals surface area contributed by atoms with E-state index in [2.05, 4.69) is 0 Å². The molecule has 0 spiro atoms. The number of carboxylic acid groups (broad SMARTS) is 1. The molecule has 1 heterocycles. The van der Waals surface area contributed by atoms with Crippen LogP contribution in [0.1, 0.15) is 23.7 Å². The number of hydrogen-bond acceptors (Lipinski definition) is 3. The zero-order valence-corrected chi connectivity index (χ0v) is 11.0. The van der Waals surface area contributed by atoms with Gasteiger partial charge in [-0.1, -0.05) is 49.4 Å². The maximum absolute atomic E-state index is 10.0. The van der Waals surface area contributed by atoms with Crippen LogP contribution >= 0.6 is 11.3 Å². The summed E-state index contributed by atoms with van der Waals surface area (Å²) in [5.41, 5.74) is 0.729. The minimum absolute atomic E-state index is 0.222. The van der Waals surface area contributed by atoms with Gasteiger partial charge in [-0.25, -0.2) is 0 Å². The molecule has 0 aliphatic carbocycles. The Morgan fingerprint density at radius 3 is 1.89 bits per heavy atom. The van der Waals surface area contributed by atoms with Crippen molar-refractivity contribution < 1.29 is 14.7 Å². The average Bonchev–Trinajstić information content (AvgIpc) is 2.99. The normalized spacial score (nSPS) is 8.06. The van der Waals surface area contributed by atoms with Crippen molar-refractivity contribution in [3.05, 3.63) is 58.8 Å². The zero-order chi connectivity index (χ0) is 13.6. The summed E-state index contributed by atoms with van der Waals surface area (Å²) < 4.78 is 0. The standard InChI is InChI=1S/C7H6O.C4H4S.C3H6O2/c8-6-7-4-2-1-3-5-7;1-2-4-5-3-1;1-2-3(4)5/h1-6H;1-4H;2H2,1H3,(H,4,5). The summed E-state index contributed by atoms with van der Waals surface area (Å²) in [6.07, 6.45) is 1.06. The second-order valence-electron chi connectivity index (χ2n) is 3.07. The van der Waals surface area contributed by atoms with Gasteiger partial charge in [-0.05, 0) is 10.8 Å². The molecule has 2 aromatic rings. The van der Waals surface area contributed by atoms with E-state index in [1.807, 2.05) is 41.1 Å². The Kier molecular flexibility index (Phi) is 10.3. The monoisotopic (exact) mass is 264 g/mol. The van der Waals surface area contributed by atoms with Crippen LogP contribution in [0.3, 0.4) is 0 Å². The van der Waals surface area contributed by atoms with E-state index in [1.165, 1.54) is 0 Å². The van der Waals surface area contributed by atoms with Crippen LogP contribution in [0.4, 0.5) is 0 Å². The summed E-state index contributed by atoms with van der Waals surface area (Å²) in [5.74, 6) is -0.745. The first-order valence-electron chi connectivity index (χ1n) is 5.39. The predicted octanol–water partition coefficient (Wildman–Crippen LogP) is 3.73. The number of carbonyl (C=O) groups is 2. The van der Waals surface area contributed by atoms with Crippen LogP contribution in [-0.4, -0.2) is 17.4 Å². The van der Waals surface area contributed by atoms with Crippen molar-refractivity contribution in [1.82, 2.24) is 0 Å². The third kappa shape index (κ3) is 10.6. The molecule has 1 N–H and O–H groups in total. The van der Waals surface area contributed by atoms with Crippen molar-refractivity contribution >= 4 is 23.6 Å². The summed E-state index contributed by atoms with van der Waals surface area (Å²) >= 11 is 1.71. The van der Waals surface area contributed by atoms with Crippen molar-refractivity contribution in [3.63, 3.8) is 0 Å². The zero-order valence-electron chi connectivity index (χ0n) is 10.2. The van der Waals surface area contributed by atoms with Gasteiger partial charge in [0.1, 0.15) is 6.29 Å². The Morgan fingerprint density at radius 1 is 1.17 bits per heavy atom. The lowest BCUT2D eigenvalue weighted by molar-refractivity contribution is -0.136. The number of aldehydes is 1. The van der Waals surface area contributed by atoms with Gasteiger partial charge in [-0.15, -0.1) is 0 Å². The molecular weight excluding hydrogens is 248 g/mol. The highest BCUT2D eigenvalue weighted by Gasteiger charge is 1.81. The third-order valence-corrected chi connectivity index (χ3v) is 2.29. The van der Waals surface area contributed by atoms with Gasteiger partial charge in [0.25, 0.3) is 0 Å². The Labute approximate surface area is 111 Å². The van der Waals surface area contributed by atoms with Gasteiger partial charge in [-0.2, -0.15) is 11.3 Å². The summed E-state index contributed by atoms with van der Waals surface area (Å²) in [6.45, 7) is 1.60. The summed E-state index contributed by atoms with van der Waals surface area (Å²) in [5, 5.41) is 11.8. The van der Waals surface area contributed by atoms with Gasteiger partial charge in [0.05, 0.1) is 0 Å². The number of thiophene rings is 1. The molecule has 0 bridgehead atoms. The molecule has 3 nitrogen and oxygen atoms in total. The first kappa shape index (κ1) is 16.1. The van der Waals surface area contributed by atoms with Gasteiger partial charge in [0, 0.05) is 12.0 Å². The Morgan fingerprint density at radius 2 is 1.67 bits per heavy atom. The average molecular weight is 264 g/mol. The van der Waals surface area contributed by atoms with Crippen molar-refractivity contribution in [2.24, 2.45) is 0 Å². The van der Waals surface area contributed by atoms with E-state index in [0.717, 1.165) is 11.8 Å². The molecule has 0 amide bonds. The van der Waals surface area contributed by atoms with Crippen LogP contribution in [0, 0.1) is 0 Å². The topological polar surface area (TPSA) is 54.4 Å². The van der Waals surface area contributed by atoms with Crippen LogP contribution in [0.15, 0.2) is 53.2 Å². The van der Waals surface area contributed by atoms with E-state index in [0.29, 0.717) is 0 Å². The number of rotatable bonds is 2. The molecule has 0 aliphatic heterocycles. The molecule has 0 fully saturated rings. The molecule has 0 saturated heterocycles. The van der Waals surface area contributed by atoms with Crippen molar-refractivity contribution in [1.29, 1.82) is 0 Å². The largest absolute Gasteiger partial charge is 0.481 e. The Bertz CT molecular complexity index is 393. The van der Waals surface area contributed by atoms with Crippen molar-refractivity contribution in [2.75, 3.05) is 0 Å². The molecule has 0 saturated carbocycles. The quantitative estimate of drug-likeness (QED) is 0.841. The molecule has 0 atom stereocenters. The fourth-order valence-corrected chi connectivity index (χ4v) is 1.21. The van der Waals surface area contributed by atoms with Crippen LogP contribution in [0.5, 0.6) is 0 Å². The minimum Gasteiger partial charge on any atom is -0.481 e. The number of hydrogen-bond donors (Lipinski definition) is 1. The molecule has 96 valence electrons. The summed E-state index contributed by atoms with van der Waals surface area (Å²) in [7, 11) is 0. The molecule has 0 radical (unpaired) electrons. The first-order valence-corrected chi connectivity index (χ1v) is 6.34. The van der Waals surface area contributed by atoms with Crippen LogP contribution in [0.25, 0.3) is 0 Å². The lowest BCUT2D eigenvalue weighted by Gasteiger charge is -1.81. The van der Waals surface area contributed by atoms with Crippen LogP contribution in [0.2, 0.25) is 0 Å². The highest BCUT2D eigenvalue weighted by atomic mass is 32.1. The SMILES string of the molecule is CCC(=O)O.O=Cc1ccccc1.c1ccsc1. The van der Waals surface area contributed by atoms with Gasteiger partial charge >= 0.3 is 5.97 Å². The van der Waals surface area contributed by atoms with E-state index in [4.69, 9.17) is 5.11 Å². The third-order valence-electron chi connectivity index (χ3n) is 1.66. The van der Waals surface area contributed by atoms with Gasteiger partial charge in [0.2, 0.25) is 0 Å². The molecule has 4 heteroatoms. The second kappa shape index (κ2) is 11.5. The van der Waals surface area contributed by atoms with Crippen molar-refractivity contribution in [2.45, 2.75) is 13.3 Å². The summed E-state index contributed by atoms with van der Waals surface area (Å²) in [6, 6.07) is 13.1. The molecule has 0 unspecified atom stereocenters. The molecule has 0 aliphatic rings. The first-order chi connectivity index (χ1) is 8.70. The number of carbonyl (C=O) groups excluding carboxylic acids is 1. The van der Waals surface area contributed by atoms with E-state index < -0.39 is 5.97 Å². The highest BCUT2D eigenvalue weighted by Crippen LogP contribution is 1.92. The molecule has 1 aromatic carbocycles. The molecule has 2 rings (SSSR count). The fraction of sp³-hybridized carbons (Fsp3) is 0.143. The molecular formula is C14H16O3S. The van der Waals surface area contributed by atoms with Gasteiger partial charge in [0.15, 0.2) is 0 Å². The van der Waals surface area contributed by atoms with Gasteiger partial charge < -0.3 is 5.11 Å². The fourth-order valence-electron chi connectivity index (χ4n) is 0.758. The smallest absolute Gasteiger partial charge is 0.303 e. The minimum atomic E-state index is -0.745. The van der Waals surface area contributed by atoms with Crippen molar-refractivity contribution in [3.8, 4) is 0 Å². The number of carboxylic acids is 1. The van der Waals surface area contributed by atoms with E-state index >= 15 is 0 Å². The van der Waals surface area contributed by atoms with E-state index in [-0.39, 0.29) is 6.42 Å². The van der Waals surface area contributed by atoms with Gasteiger partial charge in [-0.3, -0.25) is 9.59 Å². The van der Waals surface area contributed by atoms with E-state index in [1.54, 1.807) is 30.4 Å². The number of aliphatic carboxylic acids is 1. The maximum atomic E-state index is 10.0. The Balaban J connectivity index is 0.000000254. The lowest BCUT2D eigenvalue weighted by atomic mass is 10.2. The number of benzene rings is 1. The lowest BCUT2D eigenvalue weighted by Crippen LogP contribution is -1.86. The molecule has 18 heavy (non-hydrogen) atoms. The Hall–Kier alpha value is -1.94. The van der Waals surface area contributed by atoms with E-state index in [9.17, 15) is 9.59 Å². The maximum Gasteiger partial charge on any atom is 0.303 e. The van der Waals surface area contributed by atoms with Crippen LogP contribution in [-0.2, 0) is 4.79 Å². The second-order valence-corrected chi connectivity index (χ2v) is 3.89. The summed E-state index contributed by atoms with van der Waals surface area (Å²) in [4.78, 5) is 19.4.